The van der Waals surface area contributed by atoms with E-state index < -0.39 is 10.0 Å². The highest BCUT2D eigenvalue weighted by atomic mass is 79.9. The normalized spacial score (nSPS) is 18.6. The second kappa shape index (κ2) is 7.68. The molecule has 1 atom stereocenters. The van der Waals surface area contributed by atoms with Crippen molar-refractivity contribution in [1.82, 2.24) is 10.0 Å². The summed E-state index contributed by atoms with van der Waals surface area (Å²) in [5.74, 6) is 1.12. The standard InChI is InChI=1S/C19H18BrN3O5S/c1-11(13-8-15-16(9-14(13)20)28-7-6-27-15)22-18(24)10-21-19-12-4-2-3-5-17(12)29(25,26)23-19/h2-5,8-9,11H,6-7,10H2,1H3,(H,21,23)(H,22,24). The lowest BCUT2D eigenvalue weighted by Crippen LogP contribution is -2.30. The Hall–Kier alpha value is -2.59. The van der Waals surface area contributed by atoms with Gasteiger partial charge < -0.3 is 14.8 Å². The number of aliphatic imine (C=N–C) groups is 1. The van der Waals surface area contributed by atoms with Crippen molar-refractivity contribution in [3.05, 3.63) is 52.0 Å². The molecule has 0 saturated carbocycles. The van der Waals surface area contributed by atoms with E-state index in [0.717, 1.165) is 10.0 Å². The number of fused-ring (bicyclic) bond motifs is 2. The lowest BCUT2D eigenvalue weighted by atomic mass is 10.1. The Morgan fingerprint density at radius 1 is 1.24 bits per heavy atom. The summed E-state index contributed by atoms with van der Waals surface area (Å²) < 4.78 is 38.5. The average Bonchev–Trinajstić information content (AvgIpc) is 2.96. The first-order chi connectivity index (χ1) is 13.8. The molecule has 1 unspecified atom stereocenters. The van der Waals surface area contributed by atoms with Crippen LogP contribution in [0.4, 0.5) is 0 Å². The third-order valence-electron chi connectivity index (χ3n) is 4.55. The number of carbonyl (C=O) groups excluding carboxylic acids is 1. The number of hydrogen-bond donors (Lipinski definition) is 2. The first-order valence-corrected chi connectivity index (χ1v) is 11.2. The molecule has 2 aromatic carbocycles. The van der Waals surface area contributed by atoms with Gasteiger partial charge in [-0.2, -0.15) is 0 Å². The first-order valence-electron chi connectivity index (χ1n) is 8.90. The van der Waals surface area contributed by atoms with Crippen LogP contribution in [0.15, 0.2) is 50.8 Å². The Balaban J connectivity index is 1.46. The van der Waals surface area contributed by atoms with Crippen LogP contribution in [-0.2, 0) is 14.8 Å². The highest BCUT2D eigenvalue weighted by Crippen LogP contribution is 2.37. The molecule has 2 N–H and O–H groups in total. The molecule has 10 heteroatoms. The number of amides is 1. The maximum Gasteiger partial charge on any atom is 0.263 e. The number of halogens is 1. The van der Waals surface area contributed by atoms with E-state index in [1.807, 2.05) is 19.1 Å². The summed E-state index contributed by atoms with van der Waals surface area (Å²) in [7, 11) is -3.63. The van der Waals surface area contributed by atoms with Crippen LogP contribution < -0.4 is 19.5 Å². The van der Waals surface area contributed by atoms with Crippen LogP contribution in [-0.4, -0.2) is 39.9 Å². The Morgan fingerprint density at radius 3 is 2.69 bits per heavy atom. The minimum atomic E-state index is -3.63. The molecule has 29 heavy (non-hydrogen) atoms. The van der Waals surface area contributed by atoms with Gasteiger partial charge in [0.2, 0.25) is 5.91 Å². The van der Waals surface area contributed by atoms with Gasteiger partial charge in [-0.15, -0.1) is 0 Å². The molecule has 0 radical (unpaired) electrons. The largest absolute Gasteiger partial charge is 0.486 e. The van der Waals surface area contributed by atoms with E-state index in [9.17, 15) is 13.2 Å². The molecule has 2 aromatic rings. The van der Waals surface area contributed by atoms with Gasteiger partial charge in [-0.1, -0.05) is 28.1 Å². The van der Waals surface area contributed by atoms with E-state index >= 15 is 0 Å². The van der Waals surface area contributed by atoms with Gasteiger partial charge in [0.1, 0.15) is 25.6 Å². The van der Waals surface area contributed by atoms with Gasteiger partial charge in [-0.25, -0.2) is 8.42 Å². The third-order valence-corrected chi connectivity index (χ3v) is 6.63. The van der Waals surface area contributed by atoms with Crippen LogP contribution in [0.2, 0.25) is 0 Å². The predicted octanol–water partition coefficient (Wildman–Crippen LogP) is 2.14. The number of sulfonamides is 1. The van der Waals surface area contributed by atoms with Crippen LogP contribution in [0, 0.1) is 0 Å². The zero-order valence-electron chi connectivity index (χ0n) is 15.4. The summed E-state index contributed by atoms with van der Waals surface area (Å²) >= 11 is 3.50. The fourth-order valence-electron chi connectivity index (χ4n) is 3.18. The molecule has 0 spiro atoms. The molecule has 0 bridgehead atoms. The number of nitrogens with zero attached hydrogens (tertiary/aromatic N) is 1. The van der Waals surface area contributed by atoms with Crippen molar-refractivity contribution < 1.29 is 22.7 Å². The second-order valence-corrected chi connectivity index (χ2v) is 9.08. The van der Waals surface area contributed by atoms with Crippen LogP contribution in [0.25, 0.3) is 0 Å². The minimum absolute atomic E-state index is 0.160. The number of benzene rings is 2. The number of nitrogens with one attached hydrogen (secondary N) is 2. The molecular weight excluding hydrogens is 462 g/mol. The SMILES string of the molecule is CC(NC(=O)CN=C1NS(=O)(=O)c2ccccc21)c1cc2c(cc1Br)OCCO2. The number of ether oxygens (including phenoxy) is 2. The Labute approximate surface area is 176 Å². The van der Waals surface area contributed by atoms with E-state index in [0.29, 0.717) is 30.3 Å². The van der Waals surface area contributed by atoms with Crippen molar-refractivity contribution in [2.75, 3.05) is 19.8 Å². The molecule has 0 saturated heterocycles. The van der Waals surface area contributed by atoms with Gasteiger partial charge >= 0.3 is 0 Å². The van der Waals surface area contributed by atoms with Gasteiger partial charge in [0.15, 0.2) is 11.5 Å². The van der Waals surface area contributed by atoms with Crippen molar-refractivity contribution in [3.63, 3.8) is 0 Å². The summed E-state index contributed by atoms with van der Waals surface area (Å²) in [5, 5.41) is 2.86. The molecule has 152 valence electrons. The van der Waals surface area contributed by atoms with E-state index in [-0.39, 0.29) is 29.2 Å². The number of rotatable bonds is 4. The topological polar surface area (TPSA) is 106 Å². The molecular formula is C19H18BrN3O5S. The monoisotopic (exact) mass is 479 g/mol. The first kappa shape index (κ1) is 19.7. The van der Waals surface area contributed by atoms with Crippen LogP contribution in [0.1, 0.15) is 24.1 Å². The van der Waals surface area contributed by atoms with Crippen LogP contribution >= 0.6 is 15.9 Å². The summed E-state index contributed by atoms with van der Waals surface area (Å²) in [6, 6.07) is 9.84. The van der Waals surface area contributed by atoms with Gasteiger partial charge in [0.25, 0.3) is 10.0 Å². The Morgan fingerprint density at radius 2 is 1.93 bits per heavy atom. The van der Waals surface area contributed by atoms with E-state index in [1.165, 1.54) is 6.07 Å². The molecule has 0 aromatic heterocycles. The molecule has 4 rings (SSSR count). The van der Waals surface area contributed by atoms with Crippen molar-refractivity contribution in [2.24, 2.45) is 4.99 Å². The van der Waals surface area contributed by atoms with E-state index in [2.05, 4.69) is 31.0 Å². The fraction of sp³-hybridized carbons (Fsp3) is 0.263. The summed E-state index contributed by atoms with van der Waals surface area (Å²) in [6.07, 6.45) is 0. The highest BCUT2D eigenvalue weighted by molar-refractivity contribution is 9.10. The number of hydrogen-bond acceptors (Lipinski definition) is 6. The van der Waals surface area contributed by atoms with Crippen molar-refractivity contribution in [1.29, 1.82) is 0 Å². The molecule has 0 aliphatic carbocycles. The van der Waals surface area contributed by atoms with Gasteiger partial charge in [0, 0.05) is 10.0 Å². The molecule has 0 fully saturated rings. The molecule has 2 heterocycles. The fourth-order valence-corrected chi connectivity index (χ4v) is 5.10. The molecule has 1 amide bonds. The lowest BCUT2D eigenvalue weighted by molar-refractivity contribution is -0.120. The quantitative estimate of drug-likeness (QED) is 0.698. The Bertz CT molecular complexity index is 1120. The molecule has 2 aliphatic rings. The maximum atomic E-state index is 12.4. The Kier molecular flexibility index (Phi) is 5.22. The minimum Gasteiger partial charge on any atom is -0.486 e. The lowest BCUT2D eigenvalue weighted by Gasteiger charge is -2.22. The number of amidine groups is 1. The van der Waals surface area contributed by atoms with Gasteiger partial charge in [-0.05, 0) is 36.8 Å². The zero-order chi connectivity index (χ0) is 20.6. The van der Waals surface area contributed by atoms with Crippen molar-refractivity contribution in [2.45, 2.75) is 17.9 Å². The van der Waals surface area contributed by atoms with Crippen LogP contribution in [0.5, 0.6) is 11.5 Å². The van der Waals surface area contributed by atoms with Gasteiger partial charge in [-0.3, -0.25) is 14.5 Å². The third kappa shape index (κ3) is 3.95. The van der Waals surface area contributed by atoms with Crippen LogP contribution in [0.3, 0.4) is 0 Å². The van der Waals surface area contributed by atoms with E-state index in [4.69, 9.17) is 9.47 Å². The maximum absolute atomic E-state index is 12.4. The smallest absolute Gasteiger partial charge is 0.263 e. The van der Waals surface area contributed by atoms with E-state index in [1.54, 1.807) is 18.2 Å². The summed E-state index contributed by atoms with van der Waals surface area (Å²) in [4.78, 5) is 16.7. The number of carbonyl (C=O) groups is 1. The molecule has 8 nitrogen and oxygen atoms in total. The highest BCUT2D eigenvalue weighted by Gasteiger charge is 2.30. The van der Waals surface area contributed by atoms with Crippen molar-refractivity contribution >= 4 is 37.7 Å². The predicted molar refractivity (Wildman–Crippen MR) is 110 cm³/mol. The van der Waals surface area contributed by atoms with Gasteiger partial charge in [0.05, 0.1) is 10.9 Å². The van der Waals surface area contributed by atoms with Crippen molar-refractivity contribution in [3.8, 4) is 11.5 Å². The average molecular weight is 480 g/mol. The summed E-state index contributed by atoms with van der Waals surface area (Å²) in [5.41, 5.74) is 1.30. The summed E-state index contributed by atoms with van der Waals surface area (Å²) in [6.45, 7) is 2.61. The second-order valence-electron chi connectivity index (χ2n) is 6.57. The zero-order valence-corrected chi connectivity index (χ0v) is 17.8. The molecule has 2 aliphatic heterocycles.